The van der Waals surface area contributed by atoms with Gasteiger partial charge in [0.05, 0.1) is 34.1 Å². The predicted molar refractivity (Wildman–Crippen MR) is 146 cm³/mol. The van der Waals surface area contributed by atoms with Crippen LogP contribution in [-0.2, 0) is 11.2 Å². The topological polar surface area (TPSA) is 73.2 Å². The second kappa shape index (κ2) is 11.3. The van der Waals surface area contributed by atoms with Crippen LogP contribution in [0.4, 0.5) is 5.69 Å². The molecule has 2 aromatic carbocycles. The maximum Gasteiger partial charge on any atom is 0.267 e. The molecule has 0 spiro atoms. The van der Waals surface area contributed by atoms with E-state index in [0.29, 0.717) is 38.4 Å². The van der Waals surface area contributed by atoms with Crippen molar-refractivity contribution in [2.24, 2.45) is 0 Å². The highest BCUT2D eigenvalue weighted by Gasteiger charge is 2.20. The Morgan fingerprint density at radius 2 is 1.91 bits per heavy atom. The van der Waals surface area contributed by atoms with Crippen molar-refractivity contribution >= 4 is 56.5 Å². The van der Waals surface area contributed by atoms with Crippen LogP contribution in [0.1, 0.15) is 30.7 Å². The SMILES string of the molecule is CCCc1sc2nc(SCC(=O)Nc3ccccc3Cl)n(-c3ccc(OCC)cc3)c(=O)c2c1C. The average Bonchev–Trinajstić information content (AvgIpc) is 3.16. The van der Waals surface area contributed by atoms with E-state index in [1.54, 1.807) is 40.2 Å². The van der Waals surface area contributed by atoms with Gasteiger partial charge in [0.25, 0.3) is 5.56 Å². The number of thiophene rings is 1. The van der Waals surface area contributed by atoms with E-state index in [-0.39, 0.29) is 17.2 Å². The van der Waals surface area contributed by atoms with Gasteiger partial charge in [-0.15, -0.1) is 11.3 Å². The molecule has 6 nitrogen and oxygen atoms in total. The monoisotopic (exact) mass is 527 g/mol. The van der Waals surface area contributed by atoms with E-state index >= 15 is 0 Å². The molecule has 182 valence electrons. The fraction of sp³-hybridized carbons (Fsp3) is 0.269. The van der Waals surface area contributed by atoms with Crippen LogP contribution >= 0.6 is 34.7 Å². The average molecular weight is 528 g/mol. The minimum Gasteiger partial charge on any atom is -0.494 e. The molecule has 9 heteroatoms. The number of para-hydroxylation sites is 1. The quantitative estimate of drug-likeness (QED) is 0.199. The second-order valence-corrected chi connectivity index (χ2v) is 10.3. The molecule has 0 saturated heterocycles. The molecule has 1 N–H and O–H groups in total. The van der Waals surface area contributed by atoms with Gasteiger partial charge in [0.1, 0.15) is 10.6 Å². The number of anilines is 1. The van der Waals surface area contributed by atoms with Gasteiger partial charge in [-0.05, 0) is 62.2 Å². The fourth-order valence-corrected chi connectivity index (χ4v) is 6.05. The van der Waals surface area contributed by atoms with E-state index in [1.165, 1.54) is 16.6 Å². The molecule has 0 aliphatic rings. The molecule has 2 aromatic heterocycles. The van der Waals surface area contributed by atoms with E-state index in [0.717, 1.165) is 24.2 Å². The molecule has 4 rings (SSSR count). The second-order valence-electron chi connectivity index (χ2n) is 7.86. The number of nitrogens with one attached hydrogen (secondary N) is 1. The molecule has 0 bridgehead atoms. The summed E-state index contributed by atoms with van der Waals surface area (Å²) in [5.74, 6) is 0.570. The number of thioether (sulfide) groups is 1. The molecule has 0 aliphatic carbocycles. The summed E-state index contributed by atoms with van der Waals surface area (Å²) in [6.45, 7) is 6.59. The lowest BCUT2D eigenvalue weighted by atomic mass is 10.1. The smallest absolute Gasteiger partial charge is 0.267 e. The third-order valence-corrected chi connectivity index (χ3v) is 7.91. The predicted octanol–water partition coefficient (Wildman–Crippen LogP) is 6.49. The Labute approximate surface area is 217 Å². The summed E-state index contributed by atoms with van der Waals surface area (Å²) >= 11 is 8.94. The van der Waals surface area contributed by atoms with Crippen LogP contribution in [0.15, 0.2) is 58.5 Å². The molecule has 0 fully saturated rings. The van der Waals surface area contributed by atoms with Gasteiger partial charge >= 0.3 is 0 Å². The van der Waals surface area contributed by atoms with Crippen LogP contribution in [0.5, 0.6) is 5.75 Å². The number of amides is 1. The first kappa shape index (κ1) is 25.3. The normalized spacial score (nSPS) is 11.1. The number of hydrogen-bond donors (Lipinski definition) is 1. The van der Waals surface area contributed by atoms with Gasteiger partial charge in [0.2, 0.25) is 5.91 Å². The van der Waals surface area contributed by atoms with Gasteiger partial charge in [-0.25, -0.2) is 4.98 Å². The van der Waals surface area contributed by atoms with Crippen LogP contribution in [-0.4, -0.2) is 27.8 Å². The van der Waals surface area contributed by atoms with Crippen molar-refractivity contribution in [2.45, 2.75) is 38.8 Å². The molecule has 0 atom stereocenters. The van der Waals surface area contributed by atoms with Crippen molar-refractivity contribution in [3.63, 3.8) is 0 Å². The molecule has 1 amide bonds. The molecule has 0 radical (unpaired) electrons. The summed E-state index contributed by atoms with van der Waals surface area (Å²) in [6, 6.07) is 14.4. The van der Waals surface area contributed by atoms with Gasteiger partial charge in [-0.1, -0.05) is 48.8 Å². The first-order valence-corrected chi connectivity index (χ1v) is 13.6. The highest BCUT2D eigenvalue weighted by atomic mass is 35.5. The number of aryl methyl sites for hydroxylation is 2. The minimum absolute atomic E-state index is 0.0758. The maximum absolute atomic E-state index is 13.7. The zero-order chi connectivity index (χ0) is 24.9. The number of carbonyl (C=O) groups is 1. The van der Waals surface area contributed by atoms with Crippen molar-refractivity contribution in [2.75, 3.05) is 17.7 Å². The standard InChI is InChI=1S/C26H26ClN3O3S2/c1-4-8-21-16(3)23-24(35-21)29-26(34-15-22(31)28-20-10-7-6-9-19(20)27)30(25(23)32)17-11-13-18(14-12-17)33-5-2/h6-7,9-14H,4-5,8,15H2,1-3H3,(H,28,31). The zero-order valence-electron chi connectivity index (χ0n) is 19.8. The lowest BCUT2D eigenvalue weighted by molar-refractivity contribution is -0.113. The van der Waals surface area contributed by atoms with Gasteiger partial charge in [-0.2, -0.15) is 0 Å². The van der Waals surface area contributed by atoms with Crippen molar-refractivity contribution in [3.8, 4) is 11.4 Å². The molecule has 0 aliphatic heterocycles. The Morgan fingerprint density at radius 3 is 2.60 bits per heavy atom. The van der Waals surface area contributed by atoms with E-state index in [4.69, 9.17) is 21.3 Å². The fourth-order valence-electron chi connectivity index (χ4n) is 3.74. The molecule has 0 saturated carbocycles. The lowest BCUT2D eigenvalue weighted by Gasteiger charge is -2.13. The molecular weight excluding hydrogens is 502 g/mol. The number of benzene rings is 2. The zero-order valence-corrected chi connectivity index (χ0v) is 22.1. The Morgan fingerprint density at radius 1 is 1.17 bits per heavy atom. The van der Waals surface area contributed by atoms with Crippen molar-refractivity contribution in [1.29, 1.82) is 0 Å². The number of carbonyl (C=O) groups excluding carboxylic acids is 1. The van der Waals surface area contributed by atoms with Gasteiger partial charge in [0, 0.05) is 4.88 Å². The summed E-state index contributed by atoms with van der Waals surface area (Å²) in [6.07, 6.45) is 1.89. The number of hydrogen-bond acceptors (Lipinski definition) is 6. The Kier molecular flexibility index (Phi) is 8.15. The summed E-state index contributed by atoms with van der Waals surface area (Å²) in [5.41, 5.74) is 2.07. The lowest BCUT2D eigenvalue weighted by Crippen LogP contribution is -2.23. The summed E-state index contributed by atoms with van der Waals surface area (Å²) in [5, 5.41) is 4.39. The molecule has 4 aromatic rings. The van der Waals surface area contributed by atoms with Crippen LogP contribution in [0.2, 0.25) is 5.02 Å². The number of aromatic nitrogens is 2. The van der Waals surface area contributed by atoms with Gasteiger partial charge < -0.3 is 10.1 Å². The number of halogens is 1. The first-order chi connectivity index (χ1) is 16.9. The third kappa shape index (κ3) is 5.55. The van der Waals surface area contributed by atoms with E-state index in [1.807, 2.05) is 38.1 Å². The number of nitrogens with zero attached hydrogens (tertiary/aromatic N) is 2. The highest BCUT2D eigenvalue weighted by molar-refractivity contribution is 7.99. The third-order valence-electron chi connectivity index (χ3n) is 5.40. The van der Waals surface area contributed by atoms with E-state index < -0.39 is 0 Å². The maximum atomic E-state index is 13.7. The largest absolute Gasteiger partial charge is 0.494 e. The van der Waals surface area contributed by atoms with Crippen LogP contribution in [0.3, 0.4) is 0 Å². The minimum atomic E-state index is -0.232. The Balaban J connectivity index is 1.72. The van der Waals surface area contributed by atoms with Gasteiger partial charge in [-0.3, -0.25) is 14.2 Å². The highest BCUT2D eigenvalue weighted by Crippen LogP contribution is 2.31. The molecule has 35 heavy (non-hydrogen) atoms. The van der Waals surface area contributed by atoms with Crippen molar-refractivity contribution in [3.05, 3.63) is 74.3 Å². The number of ether oxygens (including phenoxy) is 1. The van der Waals surface area contributed by atoms with Crippen LogP contribution in [0.25, 0.3) is 15.9 Å². The van der Waals surface area contributed by atoms with Crippen molar-refractivity contribution < 1.29 is 9.53 Å². The van der Waals surface area contributed by atoms with E-state index in [2.05, 4.69) is 12.2 Å². The van der Waals surface area contributed by atoms with Crippen LogP contribution < -0.4 is 15.6 Å². The first-order valence-electron chi connectivity index (χ1n) is 11.4. The number of rotatable bonds is 9. The summed E-state index contributed by atoms with van der Waals surface area (Å²) in [7, 11) is 0. The Hall–Kier alpha value is -2.81. The van der Waals surface area contributed by atoms with Gasteiger partial charge in [0.15, 0.2) is 5.16 Å². The summed E-state index contributed by atoms with van der Waals surface area (Å²) in [4.78, 5) is 33.1. The van der Waals surface area contributed by atoms with E-state index in [9.17, 15) is 9.59 Å². The molecule has 0 unspecified atom stereocenters. The van der Waals surface area contributed by atoms with Crippen molar-refractivity contribution in [1.82, 2.24) is 9.55 Å². The van der Waals surface area contributed by atoms with Crippen LogP contribution in [0, 0.1) is 6.92 Å². The molecular formula is C26H26ClN3O3S2. The summed E-state index contributed by atoms with van der Waals surface area (Å²) < 4.78 is 7.14. The number of fused-ring (bicyclic) bond motifs is 1. The molecule has 2 heterocycles. The Bertz CT molecular complexity index is 1410.